The van der Waals surface area contributed by atoms with Crippen LogP contribution in [0.1, 0.15) is 86.7 Å². The highest BCUT2D eigenvalue weighted by Gasteiger charge is 2.79. The third-order valence-electron chi connectivity index (χ3n) is 14.0. The molecule has 1 saturated heterocycles. The second-order valence-electron chi connectivity index (χ2n) is 18.6. The molecule has 4 aliphatic rings. The maximum atomic E-state index is 16.0. The largest absolute Gasteiger partial charge is 0.508 e. The second-order valence-corrected chi connectivity index (χ2v) is 21.1. The quantitative estimate of drug-likeness (QED) is 0.0785. The van der Waals surface area contributed by atoms with Crippen molar-refractivity contribution >= 4 is 76.5 Å². The van der Waals surface area contributed by atoms with Gasteiger partial charge in [0.15, 0.2) is 23.6 Å². The summed E-state index contributed by atoms with van der Waals surface area (Å²) < 4.78 is 39.6. The number of Topliss-reactive ketones (excluding diaryl/α,β-unsaturated/α-hetero) is 1. The van der Waals surface area contributed by atoms with Crippen molar-refractivity contribution in [3.63, 3.8) is 0 Å². The molecule has 17 nitrogen and oxygen atoms in total. The number of ketones is 1. The van der Waals surface area contributed by atoms with Crippen molar-refractivity contribution in [1.82, 2.24) is 5.32 Å². The summed E-state index contributed by atoms with van der Waals surface area (Å²) in [4.78, 5) is 98.6. The molecule has 0 radical (unpaired) electrons. The highest BCUT2D eigenvalue weighted by molar-refractivity contribution is 6.67. The van der Waals surface area contributed by atoms with E-state index in [-0.39, 0.29) is 28.7 Å². The normalized spacial score (nSPS) is 29.7. The van der Waals surface area contributed by atoms with E-state index in [9.17, 15) is 39.0 Å². The van der Waals surface area contributed by atoms with Crippen molar-refractivity contribution < 1.29 is 76.9 Å². The zero-order valence-corrected chi connectivity index (χ0v) is 41.1. The van der Waals surface area contributed by atoms with Crippen LogP contribution in [0, 0.1) is 16.7 Å². The first kappa shape index (κ1) is 52.3. The molecule has 7 rings (SSSR count). The fraction of sp³-hybridized carbons (Fsp3) is 0.460. The van der Waals surface area contributed by atoms with Gasteiger partial charge in [-0.25, -0.2) is 14.4 Å². The van der Waals surface area contributed by atoms with Gasteiger partial charge in [-0.2, -0.15) is 0 Å². The Morgan fingerprint density at radius 2 is 1.41 bits per heavy atom. The number of halogens is 3. The molecule has 3 aromatic carbocycles. The molecule has 0 spiro atoms. The number of alkyl halides is 3. The Morgan fingerprint density at radius 1 is 0.829 bits per heavy atom. The number of benzene rings is 3. The Morgan fingerprint density at radius 3 is 1.96 bits per heavy atom. The minimum atomic E-state index is -2.53. The van der Waals surface area contributed by atoms with E-state index in [1.54, 1.807) is 78.9 Å². The van der Waals surface area contributed by atoms with Crippen molar-refractivity contribution in [3.05, 3.63) is 119 Å². The first-order valence-electron chi connectivity index (χ1n) is 22.3. The average molecular weight is 1030 g/mol. The zero-order valence-electron chi connectivity index (χ0n) is 38.9. The Hall–Kier alpha value is -5.56. The predicted octanol–water partition coefficient (Wildman–Crippen LogP) is 6.27. The van der Waals surface area contributed by atoms with E-state index in [2.05, 4.69) is 5.32 Å². The molecule has 1 aliphatic heterocycles. The predicted molar refractivity (Wildman–Crippen MR) is 248 cm³/mol. The summed E-state index contributed by atoms with van der Waals surface area (Å²) in [5.41, 5.74) is -7.97. The van der Waals surface area contributed by atoms with Gasteiger partial charge < -0.3 is 48.7 Å². The van der Waals surface area contributed by atoms with Crippen LogP contribution in [0.5, 0.6) is 0 Å². The van der Waals surface area contributed by atoms with Crippen LogP contribution in [0.25, 0.3) is 0 Å². The molecule has 20 heteroatoms. The Kier molecular flexibility index (Phi) is 14.9. The molecular weight excluding hydrogens is 977 g/mol. The second kappa shape index (κ2) is 19.9. The summed E-state index contributed by atoms with van der Waals surface area (Å²) in [7, 11) is 0. The third-order valence-corrected chi connectivity index (χ3v) is 14.4. The molecule has 3 fully saturated rings. The van der Waals surface area contributed by atoms with E-state index in [1.807, 2.05) is 0 Å². The van der Waals surface area contributed by atoms with Gasteiger partial charge in [0.1, 0.15) is 36.6 Å². The van der Waals surface area contributed by atoms with Crippen LogP contribution >= 0.6 is 34.8 Å². The monoisotopic (exact) mass is 1030 g/mol. The number of rotatable bonds is 12. The van der Waals surface area contributed by atoms with Gasteiger partial charge >= 0.3 is 30.0 Å². The molecule has 3 N–H and O–H groups in total. The highest BCUT2D eigenvalue weighted by atomic mass is 35.6. The smallest absolute Gasteiger partial charge is 0.456 e. The first-order valence-corrected chi connectivity index (χ1v) is 23.4. The molecule has 2 saturated carbocycles. The lowest BCUT2D eigenvalue weighted by Crippen LogP contribution is -2.82. The highest BCUT2D eigenvalue weighted by Crippen LogP contribution is 2.65. The average Bonchev–Trinajstić information content (AvgIpc) is 3.30. The molecule has 3 aromatic rings. The van der Waals surface area contributed by atoms with E-state index in [4.69, 9.17) is 68.0 Å². The van der Waals surface area contributed by atoms with E-state index >= 15 is 4.79 Å². The van der Waals surface area contributed by atoms with Gasteiger partial charge in [0.2, 0.25) is 3.79 Å². The molecule has 1 heterocycles. The lowest BCUT2D eigenvalue weighted by Gasteiger charge is -2.67. The van der Waals surface area contributed by atoms with Crippen LogP contribution in [-0.2, 0) is 52.3 Å². The summed E-state index contributed by atoms with van der Waals surface area (Å²) in [6.45, 7) is 6.75. The van der Waals surface area contributed by atoms with Gasteiger partial charge in [-0.3, -0.25) is 19.2 Å². The molecule has 0 aromatic heterocycles. The number of aliphatic hydroxyl groups is 2. The topological polar surface area (TPSA) is 237 Å². The molecule has 11 atom stereocenters. The molecular formula is C50H52Cl3NO16. The number of fused-ring (bicyclic) bond motifs is 5. The number of ether oxygens (including phenoxy) is 7. The van der Waals surface area contributed by atoms with E-state index in [1.165, 1.54) is 39.8 Å². The molecule has 3 aliphatic carbocycles. The van der Waals surface area contributed by atoms with Gasteiger partial charge in [0.05, 0.1) is 29.5 Å². The lowest BCUT2D eigenvalue weighted by atomic mass is 9.44. The van der Waals surface area contributed by atoms with Gasteiger partial charge in [0, 0.05) is 37.7 Å². The molecule has 2 bridgehead atoms. The fourth-order valence-corrected chi connectivity index (χ4v) is 10.8. The summed E-state index contributed by atoms with van der Waals surface area (Å²) in [6.07, 6.45) is -12.9. The Balaban J connectivity index is 1.42. The summed E-state index contributed by atoms with van der Waals surface area (Å²) in [5.74, 6) is -7.48. The van der Waals surface area contributed by atoms with Gasteiger partial charge in [-0.15, -0.1) is 0 Å². The number of carbonyl (C=O) groups excluding carboxylic acids is 7. The van der Waals surface area contributed by atoms with Crippen LogP contribution in [0.15, 0.2) is 102 Å². The third kappa shape index (κ3) is 9.76. The molecule has 70 heavy (non-hydrogen) atoms. The van der Waals surface area contributed by atoms with Gasteiger partial charge in [0.25, 0.3) is 5.91 Å². The number of aliphatic hydroxyl groups excluding tert-OH is 1. The Bertz CT molecular complexity index is 2560. The van der Waals surface area contributed by atoms with Crippen LogP contribution in [0.4, 0.5) is 4.79 Å². The number of esters is 4. The van der Waals surface area contributed by atoms with Gasteiger partial charge in [-0.05, 0) is 54.8 Å². The summed E-state index contributed by atoms with van der Waals surface area (Å²) in [6, 6.07) is 22.5. The van der Waals surface area contributed by atoms with Crippen molar-refractivity contribution in [2.45, 2.75) is 112 Å². The maximum absolute atomic E-state index is 16.0. The van der Waals surface area contributed by atoms with Crippen LogP contribution in [0.2, 0.25) is 0 Å². The van der Waals surface area contributed by atoms with Crippen LogP contribution in [0.3, 0.4) is 0 Å². The van der Waals surface area contributed by atoms with E-state index in [0.29, 0.717) is 5.56 Å². The van der Waals surface area contributed by atoms with Crippen molar-refractivity contribution in [2.24, 2.45) is 16.7 Å². The van der Waals surface area contributed by atoms with Crippen molar-refractivity contribution in [3.8, 4) is 0 Å². The standard InChI is InChI=1S/C50H52Cl3NO16/c1-26-32(67-44(61)37(57)36(29-16-10-7-11-17-29)54-42(59)30-18-12-8-13-19-30)23-49(63)41(69-43(60)31-20-14-9-15-21-31)39-47(6,40(58)38(66-27(2)55)35(26)46(49,4)5)33(68-45(62)65-25-50(51,52)53)22-34-48(39,24-64-34)70-28(3)56/h7-21,32-34,36-39,41,57,63H,22-25H2,1-6H3,(H,54,59)/t32-,33-,34+,36-,37+,38+,39-,41-,47+,48-,49+/m0/s1. The van der Waals surface area contributed by atoms with E-state index < -0.39 is 136 Å². The first-order chi connectivity index (χ1) is 32.9. The number of hydrogen-bond donors (Lipinski definition) is 3. The fourth-order valence-electron chi connectivity index (χ4n) is 10.6. The minimum absolute atomic E-state index is 0.00279. The summed E-state index contributed by atoms with van der Waals surface area (Å²) >= 11 is 17.6. The Labute approximate surface area is 417 Å². The lowest BCUT2D eigenvalue weighted by molar-refractivity contribution is -0.346. The van der Waals surface area contributed by atoms with Gasteiger partial charge in [-0.1, -0.05) is 115 Å². The van der Waals surface area contributed by atoms with Crippen LogP contribution < -0.4 is 5.32 Å². The maximum Gasteiger partial charge on any atom is 0.508 e. The zero-order chi connectivity index (χ0) is 51.1. The van der Waals surface area contributed by atoms with E-state index in [0.717, 1.165) is 13.8 Å². The van der Waals surface area contributed by atoms with Crippen LogP contribution in [-0.4, -0.2) is 117 Å². The number of amides is 1. The SMILES string of the molecule is CC(=O)O[C@H]1C(=O)[C@]2(C)[C@@H](OC(=O)OCC(Cl)(Cl)Cl)C[C@H]3OC[C@@]3(OC(C)=O)[C@H]2[C@H](OC(=O)c2ccccc2)[C@]2(O)C[C@H](OC(=O)[C@H](O)[C@@H](NC(=O)c3ccccc3)c3ccccc3)C(C)=C1C2(C)C. The number of nitrogens with one attached hydrogen (secondary N) is 1. The summed E-state index contributed by atoms with van der Waals surface area (Å²) in [5, 5.41) is 28.5. The van der Waals surface area contributed by atoms with Crippen molar-refractivity contribution in [1.29, 1.82) is 0 Å². The molecule has 0 unspecified atom stereocenters. The minimum Gasteiger partial charge on any atom is -0.456 e. The molecule has 1 amide bonds. The number of hydrogen-bond acceptors (Lipinski definition) is 16. The molecule has 374 valence electrons. The van der Waals surface area contributed by atoms with Crippen molar-refractivity contribution in [2.75, 3.05) is 13.2 Å². The number of carbonyl (C=O) groups is 7.